The van der Waals surface area contributed by atoms with Crippen LogP contribution in [0.15, 0.2) is 24.3 Å². The minimum Gasteiger partial charge on any atom is -0.349 e. The van der Waals surface area contributed by atoms with Crippen molar-refractivity contribution in [1.82, 2.24) is 14.5 Å². The molecule has 0 fully saturated rings. The fraction of sp³-hybridized carbons (Fsp3) is 0.429. The third-order valence-corrected chi connectivity index (χ3v) is 3.10. The molecule has 0 bridgehead atoms. The van der Waals surface area contributed by atoms with Gasteiger partial charge in [-0.15, -0.1) is 0 Å². The molecule has 0 saturated carbocycles. The molecular weight excluding hydrogens is 226 g/mol. The molecule has 0 radical (unpaired) electrons. The summed E-state index contributed by atoms with van der Waals surface area (Å²) >= 11 is 0. The van der Waals surface area contributed by atoms with Crippen molar-refractivity contribution in [2.45, 2.75) is 26.3 Å². The van der Waals surface area contributed by atoms with E-state index in [1.165, 1.54) is 0 Å². The number of hydrogen-bond donors (Lipinski definition) is 0. The maximum absolute atomic E-state index is 11.7. The second-order valence-electron chi connectivity index (χ2n) is 4.56. The molecule has 0 unspecified atom stereocenters. The van der Waals surface area contributed by atoms with Crippen molar-refractivity contribution in [2.75, 3.05) is 14.1 Å². The van der Waals surface area contributed by atoms with Crippen LogP contribution in [-0.4, -0.2) is 34.5 Å². The van der Waals surface area contributed by atoms with Crippen molar-refractivity contribution in [1.29, 1.82) is 0 Å². The third-order valence-electron chi connectivity index (χ3n) is 3.10. The van der Waals surface area contributed by atoms with Gasteiger partial charge < -0.3 is 9.47 Å². The van der Waals surface area contributed by atoms with Crippen LogP contribution in [0, 0.1) is 0 Å². The van der Waals surface area contributed by atoms with E-state index in [0.29, 0.717) is 13.0 Å². The van der Waals surface area contributed by atoms with Crippen LogP contribution in [0.4, 0.5) is 0 Å². The second-order valence-corrected chi connectivity index (χ2v) is 4.56. The molecule has 0 aliphatic carbocycles. The summed E-state index contributed by atoms with van der Waals surface area (Å²) in [6.45, 7) is 2.78. The lowest BCUT2D eigenvalue weighted by atomic mass is 10.3. The fourth-order valence-corrected chi connectivity index (χ4v) is 2.08. The van der Waals surface area contributed by atoms with Crippen LogP contribution in [0.5, 0.6) is 0 Å². The summed E-state index contributed by atoms with van der Waals surface area (Å²) in [5, 5.41) is 0. The standard InChI is InChI=1S/C14H19N3O/c1-4-13-15-11-7-5-6-8-12(11)17(13)10-9-14(18)16(2)3/h5-8H,4,9-10H2,1-3H3. The Balaban J connectivity index is 2.28. The molecule has 0 atom stereocenters. The van der Waals surface area contributed by atoms with Gasteiger partial charge >= 0.3 is 0 Å². The summed E-state index contributed by atoms with van der Waals surface area (Å²) < 4.78 is 2.15. The molecular formula is C14H19N3O. The third kappa shape index (κ3) is 2.37. The topological polar surface area (TPSA) is 38.1 Å². The number of imidazole rings is 1. The number of aryl methyl sites for hydroxylation is 2. The van der Waals surface area contributed by atoms with Gasteiger partial charge in [-0.05, 0) is 12.1 Å². The van der Waals surface area contributed by atoms with E-state index < -0.39 is 0 Å². The van der Waals surface area contributed by atoms with Crippen LogP contribution in [0.1, 0.15) is 19.2 Å². The summed E-state index contributed by atoms with van der Waals surface area (Å²) in [7, 11) is 3.57. The number of hydrogen-bond acceptors (Lipinski definition) is 2. The van der Waals surface area contributed by atoms with E-state index in [4.69, 9.17) is 0 Å². The van der Waals surface area contributed by atoms with E-state index in [2.05, 4.69) is 22.5 Å². The monoisotopic (exact) mass is 245 g/mol. The minimum atomic E-state index is 0.148. The van der Waals surface area contributed by atoms with Gasteiger partial charge in [0.25, 0.3) is 0 Å². The van der Waals surface area contributed by atoms with E-state index in [0.717, 1.165) is 23.3 Å². The van der Waals surface area contributed by atoms with Crippen LogP contribution in [-0.2, 0) is 17.8 Å². The van der Waals surface area contributed by atoms with Crippen molar-refractivity contribution < 1.29 is 4.79 Å². The van der Waals surface area contributed by atoms with Gasteiger partial charge in [0.1, 0.15) is 5.82 Å². The van der Waals surface area contributed by atoms with Crippen molar-refractivity contribution in [3.63, 3.8) is 0 Å². The maximum Gasteiger partial charge on any atom is 0.223 e. The van der Waals surface area contributed by atoms with Gasteiger partial charge in [-0.3, -0.25) is 4.79 Å². The number of para-hydroxylation sites is 2. The number of amides is 1. The van der Waals surface area contributed by atoms with Gasteiger partial charge in [0.15, 0.2) is 0 Å². The smallest absolute Gasteiger partial charge is 0.223 e. The Kier molecular flexibility index (Phi) is 3.65. The number of rotatable bonds is 4. The molecule has 4 heteroatoms. The van der Waals surface area contributed by atoms with Gasteiger partial charge in [-0.1, -0.05) is 19.1 Å². The first-order valence-electron chi connectivity index (χ1n) is 6.27. The van der Waals surface area contributed by atoms with Gasteiger partial charge in [-0.2, -0.15) is 0 Å². The molecule has 1 amide bonds. The van der Waals surface area contributed by atoms with Gasteiger partial charge in [0, 0.05) is 33.5 Å². The Morgan fingerprint density at radius 3 is 2.72 bits per heavy atom. The fourth-order valence-electron chi connectivity index (χ4n) is 2.08. The van der Waals surface area contributed by atoms with Gasteiger partial charge in [0.05, 0.1) is 11.0 Å². The lowest BCUT2D eigenvalue weighted by Crippen LogP contribution is -2.23. The zero-order valence-electron chi connectivity index (χ0n) is 11.2. The van der Waals surface area contributed by atoms with Crippen LogP contribution < -0.4 is 0 Å². The van der Waals surface area contributed by atoms with Crippen LogP contribution in [0.2, 0.25) is 0 Å². The summed E-state index contributed by atoms with van der Waals surface area (Å²) in [5.74, 6) is 1.19. The van der Waals surface area contributed by atoms with Gasteiger partial charge in [0.2, 0.25) is 5.91 Å². The normalized spacial score (nSPS) is 10.8. The molecule has 0 aliphatic rings. The lowest BCUT2D eigenvalue weighted by Gasteiger charge is -2.12. The predicted molar refractivity (Wildman–Crippen MR) is 72.4 cm³/mol. The Labute approximate surface area is 107 Å². The number of carbonyl (C=O) groups excluding carboxylic acids is 1. The number of nitrogens with zero attached hydrogens (tertiary/aromatic N) is 3. The highest BCUT2D eigenvalue weighted by Crippen LogP contribution is 2.17. The highest BCUT2D eigenvalue weighted by atomic mass is 16.2. The summed E-state index contributed by atoms with van der Waals surface area (Å²) in [4.78, 5) is 17.9. The zero-order valence-corrected chi connectivity index (χ0v) is 11.2. The first-order chi connectivity index (χ1) is 8.63. The first-order valence-corrected chi connectivity index (χ1v) is 6.27. The Hall–Kier alpha value is -1.84. The maximum atomic E-state index is 11.7. The van der Waals surface area contributed by atoms with Crippen LogP contribution in [0.25, 0.3) is 11.0 Å². The van der Waals surface area contributed by atoms with Crippen molar-refractivity contribution >= 4 is 16.9 Å². The first kappa shape index (κ1) is 12.6. The molecule has 2 rings (SSSR count). The van der Waals surface area contributed by atoms with E-state index in [-0.39, 0.29) is 5.91 Å². The number of aromatic nitrogens is 2. The molecule has 1 aromatic carbocycles. The molecule has 18 heavy (non-hydrogen) atoms. The quantitative estimate of drug-likeness (QED) is 0.827. The molecule has 0 spiro atoms. The van der Waals surface area contributed by atoms with Crippen LogP contribution in [0.3, 0.4) is 0 Å². The minimum absolute atomic E-state index is 0.148. The average molecular weight is 245 g/mol. The number of fused-ring (bicyclic) bond motifs is 1. The largest absolute Gasteiger partial charge is 0.349 e. The molecule has 0 aliphatic heterocycles. The molecule has 4 nitrogen and oxygen atoms in total. The highest BCUT2D eigenvalue weighted by molar-refractivity contribution is 5.77. The Bertz CT molecular complexity index is 557. The predicted octanol–water partition coefficient (Wildman–Crippen LogP) is 2.08. The molecule has 1 heterocycles. The highest BCUT2D eigenvalue weighted by Gasteiger charge is 2.11. The Morgan fingerprint density at radius 2 is 2.06 bits per heavy atom. The second kappa shape index (κ2) is 5.21. The van der Waals surface area contributed by atoms with E-state index >= 15 is 0 Å². The molecule has 2 aromatic rings. The van der Waals surface area contributed by atoms with Crippen molar-refractivity contribution in [3.8, 4) is 0 Å². The number of benzene rings is 1. The molecule has 0 saturated heterocycles. The molecule has 0 N–H and O–H groups in total. The van der Waals surface area contributed by atoms with E-state index in [1.807, 2.05) is 18.2 Å². The zero-order chi connectivity index (χ0) is 13.1. The van der Waals surface area contributed by atoms with E-state index in [9.17, 15) is 4.79 Å². The lowest BCUT2D eigenvalue weighted by molar-refractivity contribution is -0.128. The molecule has 96 valence electrons. The Morgan fingerprint density at radius 1 is 1.33 bits per heavy atom. The SMILES string of the molecule is CCc1nc2ccccc2n1CCC(=O)N(C)C. The van der Waals surface area contributed by atoms with Gasteiger partial charge in [-0.25, -0.2) is 4.98 Å². The van der Waals surface area contributed by atoms with Crippen LogP contribution >= 0.6 is 0 Å². The van der Waals surface area contributed by atoms with E-state index in [1.54, 1.807) is 19.0 Å². The number of carbonyl (C=O) groups is 1. The summed E-state index contributed by atoms with van der Waals surface area (Å²) in [5.41, 5.74) is 2.12. The van der Waals surface area contributed by atoms with Crippen molar-refractivity contribution in [2.24, 2.45) is 0 Å². The molecule has 1 aromatic heterocycles. The van der Waals surface area contributed by atoms with Crippen molar-refractivity contribution in [3.05, 3.63) is 30.1 Å². The summed E-state index contributed by atoms with van der Waals surface area (Å²) in [6, 6.07) is 8.07. The summed E-state index contributed by atoms with van der Waals surface area (Å²) in [6.07, 6.45) is 1.39. The average Bonchev–Trinajstić information content (AvgIpc) is 2.73.